The molecule has 0 aromatic carbocycles. The van der Waals surface area contributed by atoms with Crippen molar-refractivity contribution in [2.75, 3.05) is 0 Å². The molecular formula is C8H9FO3. The lowest BCUT2D eigenvalue weighted by Crippen LogP contribution is -2.27. The normalized spacial score (nSPS) is 11.6. The average molecular weight is 172 g/mol. The van der Waals surface area contributed by atoms with Crippen molar-refractivity contribution in [3.63, 3.8) is 0 Å². The Balaban J connectivity index is 3.05. The SMILES string of the molecule is CC(C)(C(=O)O)c1ccc(F)o1. The monoisotopic (exact) mass is 172 g/mol. The first-order valence-corrected chi connectivity index (χ1v) is 3.44. The van der Waals surface area contributed by atoms with E-state index < -0.39 is 17.4 Å². The van der Waals surface area contributed by atoms with Gasteiger partial charge in [-0.2, -0.15) is 4.39 Å². The highest BCUT2D eigenvalue weighted by atomic mass is 19.1. The molecule has 12 heavy (non-hydrogen) atoms. The minimum absolute atomic E-state index is 0.118. The van der Waals surface area contributed by atoms with Crippen LogP contribution < -0.4 is 0 Å². The van der Waals surface area contributed by atoms with Crippen molar-refractivity contribution in [1.29, 1.82) is 0 Å². The van der Waals surface area contributed by atoms with E-state index in [1.54, 1.807) is 0 Å². The van der Waals surface area contributed by atoms with Crippen molar-refractivity contribution in [1.82, 2.24) is 0 Å². The van der Waals surface area contributed by atoms with Crippen molar-refractivity contribution >= 4 is 5.97 Å². The van der Waals surface area contributed by atoms with Crippen LogP contribution in [0.1, 0.15) is 19.6 Å². The van der Waals surface area contributed by atoms with E-state index in [1.165, 1.54) is 19.9 Å². The Bertz CT molecular complexity index is 301. The van der Waals surface area contributed by atoms with Gasteiger partial charge < -0.3 is 9.52 Å². The Kier molecular flexibility index (Phi) is 1.92. The predicted octanol–water partition coefficient (Wildman–Crippen LogP) is 1.78. The standard InChI is InChI=1S/C8H9FO3/c1-8(2,7(10)11)5-3-4-6(9)12-5/h3-4H,1-2H3,(H,10,11). The quantitative estimate of drug-likeness (QED) is 0.739. The van der Waals surface area contributed by atoms with Gasteiger partial charge in [0.05, 0.1) is 0 Å². The second kappa shape index (κ2) is 2.62. The summed E-state index contributed by atoms with van der Waals surface area (Å²) in [6.45, 7) is 2.90. The van der Waals surface area contributed by atoms with Crippen LogP contribution in [-0.2, 0) is 10.2 Å². The molecule has 0 aliphatic heterocycles. The first-order chi connectivity index (χ1) is 5.44. The van der Waals surface area contributed by atoms with Gasteiger partial charge in [-0.15, -0.1) is 0 Å². The number of carbonyl (C=O) groups is 1. The molecule has 0 atom stereocenters. The van der Waals surface area contributed by atoms with Gasteiger partial charge in [0.25, 0.3) is 6.01 Å². The lowest BCUT2D eigenvalue weighted by molar-refractivity contribution is -0.143. The Morgan fingerprint density at radius 2 is 2.17 bits per heavy atom. The Hall–Kier alpha value is -1.32. The lowest BCUT2D eigenvalue weighted by Gasteiger charge is -2.14. The fourth-order valence-electron chi connectivity index (χ4n) is 0.756. The summed E-state index contributed by atoms with van der Waals surface area (Å²) in [4.78, 5) is 10.6. The number of furan rings is 1. The summed E-state index contributed by atoms with van der Waals surface area (Å²) in [6, 6.07) is 1.66. The van der Waals surface area contributed by atoms with Gasteiger partial charge in [-0.05, 0) is 19.9 Å². The van der Waals surface area contributed by atoms with Crippen molar-refractivity contribution in [3.8, 4) is 0 Å². The smallest absolute Gasteiger partial charge is 0.316 e. The maximum absolute atomic E-state index is 12.4. The minimum atomic E-state index is -1.18. The van der Waals surface area contributed by atoms with Gasteiger partial charge in [0, 0.05) is 6.07 Å². The summed E-state index contributed by atoms with van der Waals surface area (Å²) < 4.78 is 16.9. The molecule has 0 bridgehead atoms. The molecule has 0 aliphatic carbocycles. The van der Waals surface area contributed by atoms with Crippen LogP contribution in [0.15, 0.2) is 16.5 Å². The van der Waals surface area contributed by atoms with E-state index in [9.17, 15) is 9.18 Å². The highest BCUT2D eigenvalue weighted by Gasteiger charge is 2.32. The molecular weight excluding hydrogens is 163 g/mol. The van der Waals surface area contributed by atoms with E-state index in [4.69, 9.17) is 5.11 Å². The number of aliphatic carboxylic acids is 1. The molecule has 1 rings (SSSR count). The topological polar surface area (TPSA) is 50.4 Å². The van der Waals surface area contributed by atoms with Crippen LogP contribution in [0.25, 0.3) is 0 Å². The largest absolute Gasteiger partial charge is 0.481 e. The maximum atomic E-state index is 12.4. The lowest BCUT2D eigenvalue weighted by atomic mass is 9.91. The number of halogens is 1. The second-order valence-corrected chi connectivity index (χ2v) is 3.03. The van der Waals surface area contributed by atoms with Gasteiger partial charge in [0.2, 0.25) is 0 Å². The molecule has 66 valence electrons. The summed E-state index contributed by atoms with van der Waals surface area (Å²) in [5, 5.41) is 8.72. The Morgan fingerprint density at radius 1 is 1.58 bits per heavy atom. The summed E-state index contributed by atoms with van der Waals surface area (Å²) >= 11 is 0. The molecule has 0 amide bonds. The van der Waals surface area contributed by atoms with Gasteiger partial charge in [-0.3, -0.25) is 4.79 Å². The summed E-state index contributed by atoms with van der Waals surface area (Å²) in [6.07, 6.45) is 0. The number of carboxylic acid groups (broad SMARTS) is 1. The second-order valence-electron chi connectivity index (χ2n) is 3.03. The third-order valence-corrected chi connectivity index (χ3v) is 1.72. The maximum Gasteiger partial charge on any atom is 0.316 e. The van der Waals surface area contributed by atoms with Crippen molar-refractivity contribution in [2.45, 2.75) is 19.3 Å². The summed E-state index contributed by atoms with van der Waals surface area (Å²) in [5.74, 6) is -0.927. The molecule has 1 aromatic heterocycles. The third kappa shape index (κ3) is 1.32. The molecule has 0 radical (unpaired) electrons. The molecule has 0 fully saturated rings. The molecule has 0 aliphatic rings. The molecule has 0 unspecified atom stereocenters. The van der Waals surface area contributed by atoms with E-state index in [0.29, 0.717) is 0 Å². The summed E-state index contributed by atoms with van der Waals surface area (Å²) in [5.41, 5.74) is -1.18. The fourth-order valence-corrected chi connectivity index (χ4v) is 0.756. The van der Waals surface area contributed by atoms with Crippen LogP contribution in [0.4, 0.5) is 4.39 Å². The highest BCUT2D eigenvalue weighted by Crippen LogP contribution is 2.24. The number of hydrogen-bond donors (Lipinski definition) is 1. The molecule has 1 N–H and O–H groups in total. The van der Waals surface area contributed by atoms with Crippen molar-refractivity contribution < 1.29 is 18.7 Å². The molecule has 1 heterocycles. The van der Waals surface area contributed by atoms with Crippen molar-refractivity contribution in [3.05, 3.63) is 23.9 Å². The van der Waals surface area contributed by atoms with E-state index >= 15 is 0 Å². The van der Waals surface area contributed by atoms with Crippen LogP contribution in [-0.4, -0.2) is 11.1 Å². The number of hydrogen-bond acceptors (Lipinski definition) is 2. The van der Waals surface area contributed by atoms with Gasteiger partial charge in [-0.1, -0.05) is 0 Å². The van der Waals surface area contributed by atoms with Crippen LogP contribution >= 0.6 is 0 Å². The zero-order chi connectivity index (χ0) is 9.35. The molecule has 0 spiro atoms. The first kappa shape index (κ1) is 8.77. The van der Waals surface area contributed by atoms with E-state index in [0.717, 1.165) is 6.07 Å². The van der Waals surface area contributed by atoms with Gasteiger partial charge in [0.15, 0.2) is 0 Å². The van der Waals surface area contributed by atoms with Crippen LogP contribution in [0.5, 0.6) is 0 Å². The van der Waals surface area contributed by atoms with E-state index in [-0.39, 0.29) is 5.76 Å². The third-order valence-electron chi connectivity index (χ3n) is 1.72. The molecule has 1 aromatic rings. The zero-order valence-electron chi connectivity index (χ0n) is 6.80. The Morgan fingerprint density at radius 3 is 2.50 bits per heavy atom. The van der Waals surface area contributed by atoms with E-state index in [2.05, 4.69) is 4.42 Å². The molecule has 0 saturated carbocycles. The first-order valence-electron chi connectivity index (χ1n) is 3.44. The zero-order valence-corrected chi connectivity index (χ0v) is 6.80. The fraction of sp³-hybridized carbons (Fsp3) is 0.375. The van der Waals surface area contributed by atoms with Crippen LogP contribution in [0.3, 0.4) is 0 Å². The van der Waals surface area contributed by atoms with E-state index in [1.807, 2.05) is 0 Å². The Labute approximate surface area is 68.8 Å². The molecule has 4 heteroatoms. The average Bonchev–Trinajstić information content (AvgIpc) is 2.35. The van der Waals surface area contributed by atoms with Gasteiger partial charge in [-0.25, -0.2) is 0 Å². The van der Waals surface area contributed by atoms with Crippen molar-refractivity contribution in [2.24, 2.45) is 0 Å². The van der Waals surface area contributed by atoms with Gasteiger partial charge in [0.1, 0.15) is 11.2 Å². The number of carboxylic acids is 1. The highest BCUT2D eigenvalue weighted by molar-refractivity contribution is 5.79. The molecule has 0 saturated heterocycles. The predicted molar refractivity (Wildman–Crippen MR) is 39.3 cm³/mol. The minimum Gasteiger partial charge on any atom is -0.481 e. The summed E-state index contributed by atoms with van der Waals surface area (Å²) in [7, 11) is 0. The van der Waals surface area contributed by atoms with Crippen LogP contribution in [0, 0.1) is 6.01 Å². The van der Waals surface area contributed by atoms with Crippen LogP contribution in [0.2, 0.25) is 0 Å². The number of rotatable bonds is 2. The molecule has 3 nitrogen and oxygen atoms in total. The van der Waals surface area contributed by atoms with Gasteiger partial charge >= 0.3 is 5.97 Å².